The minimum absolute atomic E-state index is 0.494. The molecule has 2 nitrogen and oxygen atoms in total. The number of aryl methyl sites for hydroxylation is 1. The molecule has 1 heterocycles. The molecule has 0 aliphatic carbocycles. The van der Waals surface area contributed by atoms with Crippen LogP contribution >= 0.6 is 0 Å². The van der Waals surface area contributed by atoms with Crippen molar-refractivity contribution in [2.75, 3.05) is 0 Å². The van der Waals surface area contributed by atoms with E-state index >= 15 is 0 Å². The van der Waals surface area contributed by atoms with Crippen molar-refractivity contribution >= 4 is 11.1 Å². The summed E-state index contributed by atoms with van der Waals surface area (Å²) in [6, 6.07) is 5.34. The number of hydrogen-bond acceptors (Lipinski definition) is 2. The third kappa shape index (κ3) is 0.981. The van der Waals surface area contributed by atoms with Crippen molar-refractivity contribution in [3.8, 4) is 0 Å². The van der Waals surface area contributed by atoms with Crippen LogP contribution < -0.4 is 0 Å². The first-order valence-corrected chi connectivity index (χ1v) is 3.28. The summed E-state index contributed by atoms with van der Waals surface area (Å²) in [6.07, 6.45) is -0.773. The number of rotatable bonds is 0. The van der Waals surface area contributed by atoms with Gasteiger partial charge in [0.25, 0.3) is 0 Å². The molecular formula is C8H6FNO. The van der Waals surface area contributed by atoms with Crippen molar-refractivity contribution in [1.82, 2.24) is 4.98 Å². The second-order valence-corrected chi connectivity index (χ2v) is 2.44. The van der Waals surface area contributed by atoms with Crippen molar-refractivity contribution in [3.63, 3.8) is 0 Å². The molecule has 0 amide bonds. The van der Waals surface area contributed by atoms with E-state index in [0.29, 0.717) is 11.1 Å². The Bertz CT molecular complexity index is 394. The van der Waals surface area contributed by atoms with Crippen molar-refractivity contribution in [2.24, 2.45) is 0 Å². The molecule has 1 aromatic carbocycles. The summed E-state index contributed by atoms with van der Waals surface area (Å²) in [5.41, 5.74) is 2.11. The third-order valence-corrected chi connectivity index (χ3v) is 1.52. The van der Waals surface area contributed by atoms with Gasteiger partial charge in [-0.05, 0) is 24.6 Å². The van der Waals surface area contributed by atoms with Gasteiger partial charge in [0.05, 0.1) is 0 Å². The van der Waals surface area contributed by atoms with E-state index in [1.165, 1.54) is 0 Å². The Kier molecular flexibility index (Phi) is 1.18. The summed E-state index contributed by atoms with van der Waals surface area (Å²) in [6.45, 7) is 1.92. The fourth-order valence-corrected chi connectivity index (χ4v) is 1.01. The van der Waals surface area contributed by atoms with Crippen molar-refractivity contribution in [1.29, 1.82) is 0 Å². The topological polar surface area (TPSA) is 26.0 Å². The zero-order valence-corrected chi connectivity index (χ0v) is 5.97. The first-order chi connectivity index (χ1) is 5.25. The third-order valence-electron chi connectivity index (χ3n) is 1.52. The number of halogens is 1. The van der Waals surface area contributed by atoms with Gasteiger partial charge in [0, 0.05) is 0 Å². The van der Waals surface area contributed by atoms with Crippen LogP contribution in [-0.4, -0.2) is 4.98 Å². The van der Waals surface area contributed by atoms with E-state index in [4.69, 9.17) is 0 Å². The van der Waals surface area contributed by atoms with E-state index in [1.807, 2.05) is 13.0 Å². The lowest BCUT2D eigenvalue weighted by Gasteiger charge is -1.87. The predicted octanol–water partition coefficient (Wildman–Crippen LogP) is 2.28. The highest BCUT2D eigenvalue weighted by atomic mass is 19.1. The van der Waals surface area contributed by atoms with Gasteiger partial charge in [0.1, 0.15) is 5.52 Å². The Hall–Kier alpha value is -1.38. The van der Waals surface area contributed by atoms with Gasteiger partial charge in [-0.15, -0.1) is 4.39 Å². The first kappa shape index (κ1) is 6.34. The average molecular weight is 151 g/mol. The van der Waals surface area contributed by atoms with Crippen LogP contribution in [0.5, 0.6) is 0 Å². The number of aromatic nitrogens is 1. The summed E-state index contributed by atoms with van der Waals surface area (Å²) < 4.78 is 17.0. The second kappa shape index (κ2) is 2.05. The molecule has 11 heavy (non-hydrogen) atoms. The predicted molar refractivity (Wildman–Crippen MR) is 38.7 cm³/mol. The first-order valence-electron chi connectivity index (χ1n) is 3.28. The number of fused-ring (bicyclic) bond motifs is 1. The van der Waals surface area contributed by atoms with Crippen LogP contribution in [0.3, 0.4) is 0 Å². The minimum atomic E-state index is -0.773. The molecule has 0 unspecified atom stereocenters. The standard InChI is InChI=1S/C8H6FNO/c1-5-2-3-7-6(4-5)10-8(9)11-7/h2-4H,1H3. The Morgan fingerprint density at radius 2 is 2.27 bits per heavy atom. The molecule has 1 aromatic heterocycles. The molecule has 0 atom stereocenters. The summed E-state index contributed by atoms with van der Waals surface area (Å²) >= 11 is 0. The van der Waals surface area contributed by atoms with Crippen LogP contribution in [0.15, 0.2) is 22.6 Å². The Balaban J connectivity index is 2.82. The van der Waals surface area contributed by atoms with E-state index in [2.05, 4.69) is 9.40 Å². The van der Waals surface area contributed by atoms with Crippen LogP contribution in [-0.2, 0) is 0 Å². The lowest BCUT2D eigenvalue weighted by Crippen LogP contribution is -1.71. The fourth-order valence-electron chi connectivity index (χ4n) is 1.01. The highest BCUT2D eigenvalue weighted by Crippen LogP contribution is 2.15. The zero-order chi connectivity index (χ0) is 7.84. The largest absolute Gasteiger partial charge is 0.415 e. The van der Waals surface area contributed by atoms with E-state index in [0.717, 1.165) is 5.56 Å². The molecule has 0 spiro atoms. The van der Waals surface area contributed by atoms with Gasteiger partial charge in [0.15, 0.2) is 5.58 Å². The summed E-state index contributed by atoms with van der Waals surface area (Å²) in [4.78, 5) is 3.54. The number of benzene rings is 1. The lowest BCUT2D eigenvalue weighted by atomic mass is 10.2. The number of oxazole rings is 1. The fraction of sp³-hybridized carbons (Fsp3) is 0.125. The molecule has 0 fully saturated rings. The highest BCUT2D eigenvalue weighted by molar-refractivity contribution is 5.72. The SMILES string of the molecule is Cc1ccc2oc(F)nc2c1. The van der Waals surface area contributed by atoms with Gasteiger partial charge in [-0.3, -0.25) is 0 Å². The molecule has 0 aliphatic heterocycles. The molecule has 0 radical (unpaired) electrons. The van der Waals surface area contributed by atoms with Gasteiger partial charge >= 0.3 is 6.14 Å². The van der Waals surface area contributed by atoms with E-state index < -0.39 is 6.14 Å². The zero-order valence-electron chi connectivity index (χ0n) is 5.97. The second-order valence-electron chi connectivity index (χ2n) is 2.44. The monoisotopic (exact) mass is 151 g/mol. The minimum Gasteiger partial charge on any atom is -0.415 e. The average Bonchev–Trinajstić information content (AvgIpc) is 2.27. The molecule has 2 rings (SSSR count). The maximum Gasteiger partial charge on any atom is 0.382 e. The summed E-state index contributed by atoms with van der Waals surface area (Å²) in [7, 11) is 0. The van der Waals surface area contributed by atoms with E-state index in [9.17, 15) is 4.39 Å². The van der Waals surface area contributed by atoms with Crippen LogP contribution in [0.1, 0.15) is 5.56 Å². The van der Waals surface area contributed by atoms with Gasteiger partial charge in [-0.1, -0.05) is 6.07 Å². The van der Waals surface area contributed by atoms with Gasteiger partial charge < -0.3 is 4.42 Å². The van der Waals surface area contributed by atoms with Crippen LogP contribution in [0.25, 0.3) is 11.1 Å². The van der Waals surface area contributed by atoms with Crippen LogP contribution in [0.4, 0.5) is 4.39 Å². The molecule has 2 aromatic rings. The summed E-state index contributed by atoms with van der Waals surface area (Å²) in [5, 5.41) is 0. The van der Waals surface area contributed by atoms with Crippen molar-refractivity contribution < 1.29 is 8.81 Å². The molecule has 0 bridgehead atoms. The maximum absolute atomic E-state index is 12.4. The lowest BCUT2D eigenvalue weighted by molar-refractivity contribution is 0.355. The molecule has 0 saturated heterocycles. The van der Waals surface area contributed by atoms with E-state index in [1.54, 1.807) is 12.1 Å². The normalized spacial score (nSPS) is 10.7. The molecule has 0 aliphatic rings. The highest BCUT2D eigenvalue weighted by Gasteiger charge is 2.02. The number of hydrogen-bond donors (Lipinski definition) is 0. The summed E-state index contributed by atoms with van der Waals surface area (Å²) in [5.74, 6) is 0. The van der Waals surface area contributed by atoms with E-state index in [-0.39, 0.29) is 0 Å². The van der Waals surface area contributed by atoms with Gasteiger partial charge in [0.2, 0.25) is 0 Å². The molecule has 3 heteroatoms. The molecular weight excluding hydrogens is 145 g/mol. The molecule has 0 saturated carbocycles. The Labute approximate surface area is 62.7 Å². The number of nitrogens with zero attached hydrogens (tertiary/aromatic N) is 1. The Morgan fingerprint density at radius 1 is 1.45 bits per heavy atom. The Morgan fingerprint density at radius 3 is 3.09 bits per heavy atom. The molecule has 56 valence electrons. The van der Waals surface area contributed by atoms with Crippen molar-refractivity contribution in [2.45, 2.75) is 6.92 Å². The van der Waals surface area contributed by atoms with Crippen LogP contribution in [0, 0.1) is 13.1 Å². The van der Waals surface area contributed by atoms with Crippen molar-refractivity contribution in [3.05, 3.63) is 29.9 Å². The quantitative estimate of drug-likeness (QED) is 0.577. The van der Waals surface area contributed by atoms with Gasteiger partial charge in [-0.25, -0.2) is 0 Å². The van der Waals surface area contributed by atoms with Crippen LogP contribution in [0.2, 0.25) is 0 Å². The smallest absolute Gasteiger partial charge is 0.382 e. The van der Waals surface area contributed by atoms with Gasteiger partial charge in [-0.2, -0.15) is 4.98 Å². The molecule has 0 N–H and O–H groups in total. The maximum atomic E-state index is 12.4.